The van der Waals surface area contributed by atoms with E-state index in [-0.39, 0.29) is 29.3 Å². The van der Waals surface area contributed by atoms with Gasteiger partial charge in [0.15, 0.2) is 0 Å². The van der Waals surface area contributed by atoms with Gasteiger partial charge in [0.2, 0.25) is 5.91 Å². The molecule has 1 aliphatic carbocycles. The van der Waals surface area contributed by atoms with Gasteiger partial charge in [0.05, 0.1) is 6.10 Å². The van der Waals surface area contributed by atoms with E-state index in [4.69, 9.17) is 0 Å². The Labute approximate surface area is 118 Å². The highest BCUT2D eigenvalue weighted by atomic mass is 16.3. The second kappa shape index (κ2) is 6.74. The molecule has 0 spiro atoms. The smallest absolute Gasteiger partial charge is 0.223 e. The molecule has 1 aliphatic rings. The molecule has 112 valence electrons. The van der Waals surface area contributed by atoms with Gasteiger partial charge in [-0.15, -0.1) is 0 Å². The molecule has 0 bridgehead atoms. The highest BCUT2D eigenvalue weighted by molar-refractivity contribution is 5.78. The molecule has 0 aromatic rings. The van der Waals surface area contributed by atoms with Crippen LogP contribution in [0.25, 0.3) is 0 Å². The van der Waals surface area contributed by atoms with Crippen molar-refractivity contribution < 1.29 is 9.90 Å². The monoisotopic (exact) mass is 269 g/mol. The van der Waals surface area contributed by atoms with Gasteiger partial charge in [0.1, 0.15) is 0 Å². The normalized spacial score (nSPS) is 26.3. The average Bonchev–Trinajstić information content (AvgIpc) is 2.35. The number of hydrogen-bond acceptors (Lipinski definition) is 2. The molecule has 1 saturated carbocycles. The van der Waals surface area contributed by atoms with Crippen molar-refractivity contribution in [2.24, 2.45) is 23.2 Å². The van der Waals surface area contributed by atoms with E-state index in [1.54, 1.807) is 0 Å². The van der Waals surface area contributed by atoms with Crippen LogP contribution in [0.2, 0.25) is 0 Å². The summed E-state index contributed by atoms with van der Waals surface area (Å²) < 4.78 is 0. The Morgan fingerprint density at radius 2 is 1.79 bits per heavy atom. The first kappa shape index (κ1) is 16.5. The quantitative estimate of drug-likeness (QED) is 0.806. The molecule has 0 aromatic carbocycles. The maximum atomic E-state index is 12.2. The van der Waals surface area contributed by atoms with Gasteiger partial charge < -0.3 is 10.4 Å². The van der Waals surface area contributed by atoms with Gasteiger partial charge in [-0.3, -0.25) is 4.79 Å². The van der Waals surface area contributed by atoms with Gasteiger partial charge in [0.25, 0.3) is 0 Å². The average molecular weight is 269 g/mol. The Morgan fingerprint density at radius 3 is 2.26 bits per heavy atom. The van der Waals surface area contributed by atoms with Crippen LogP contribution in [0.15, 0.2) is 0 Å². The maximum Gasteiger partial charge on any atom is 0.223 e. The number of nitrogens with one attached hydrogen (secondary N) is 1. The van der Waals surface area contributed by atoms with E-state index >= 15 is 0 Å². The van der Waals surface area contributed by atoms with Crippen molar-refractivity contribution in [2.75, 3.05) is 6.54 Å². The van der Waals surface area contributed by atoms with Gasteiger partial charge >= 0.3 is 0 Å². The van der Waals surface area contributed by atoms with Gasteiger partial charge in [-0.2, -0.15) is 0 Å². The van der Waals surface area contributed by atoms with Crippen molar-refractivity contribution in [1.82, 2.24) is 5.32 Å². The second-order valence-corrected chi connectivity index (χ2v) is 7.35. The second-order valence-electron chi connectivity index (χ2n) is 7.35. The lowest BCUT2D eigenvalue weighted by atomic mass is 9.80. The zero-order chi connectivity index (χ0) is 14.6. The summed E-state index contributed by atoms with van der Waals surface area (Å²) >= 11 is 0. The first-order chi connectivity index (χ1) is 8.74. The molecular weight excluding hydrogens is 238 g/mol. The van der Waals surface area contributed by atoms with E-state index in [0.29, 0.717) is 6.54 Å². The number of carbonyl (C=O) groups is 1. The highest BCUT2D eigenvalue weighted by Gasteiger charge is 2.32. The van der Waals surface area contributed by atoms with Crippen LogP contribution < -0.4 is 5.32 Å². The molecule has 19 heavy (non-hydrogen) atoms. The molecule has 0 aromatic heterocycles. The van der Waals surface area contributed by atoms with Crippen molar-refractivity contribution >= 4 is 5.91 Å². The zero-order valence-corrected chi connectivity index (χ0v) is 13.2. The van der Waals surface area contributed by atoms with Crippen molar-refractivity contribution in [2.45, 2.75) is 66.4 Å². The maximum absolute atomic E-state index is 12.2. The molecular formula is C16H31NO2. The van der Waals surface area contributed by atoms with Crippen LogP contribution >= 0.6 is 0 Å². The lowest BCUT2D eigenvalue weighted by Crippen LogP contribution is -2.45. The summed E-state index contributed by atoms with van der Waals surface area (Å²) in [5.41, 5.74) is -0.272. The van der Waals surface area contributed by atoms with Gasteiger partial charge in [-0.1, -0.05) is 34.6 Å². The highest BCUT2D eigenvalue weighted by Crippen LogP contribution is 2.29. The standard InChI is InChI=1S/C16H31NO2/c1-11(2)14(18)16(4,5)10-17-15(19)13-8-6-12(3)7-9-13/h11-14,18H,6-10H2,1-5H3,(H,17,19). The van der Waals surface area contributed by atoms with Crippen LogP contribution in [0.1, 0.15) is 60.3 Å². The number of amides is 1. The largest absolute Gasteiger partial charge is 0.392 e. The minimum atomic E-state index is -0.390. The van der Waals surface area contributed by atoms with E-state index in [1.165, 1.54) is 0 Å². The van der Waals surface area contributed by atoms with Gasteiger partial charge in [0, 0.05) is 17.9 Å². The molecule has 1 fully saturated rings. The van der Waals surface area contributed by atoms with Gasteiger partial charge in [-0.25, -0.2) is 0 Å². The predicted octanol–water partition coefficient (Wildman–Crippen LogP) is 2.97. The lowest BCUT2D eigenvalue weighted by molar-refractivity contribution is -0.127. The molecule has 1 unspecified atom stereocenters. The summed E-state index contributed by atoms with van der Waals surface area (Å²) in [6.07, 6.45) is 3.96. The third-order valence-corrected chi connectivity index (χ3v) is 4.54. The Hall–Kier alpha value is -0.570. The summed E-state index contributed by atoms with van der Waals surface area (Å²) in [7, 11) is 0. The summed E-state index contributed by atoms with van der Waals surface area (Å²) in [6, 6.07) is 0. The van der Waals surface area contributed by atoms with Gasteiger partial charge in [-0.05, 0) is 37.5 Å². The third-order valence-electron chi connectivity index (χ3n) is 4.54. The van der Waals surface area contributed by atoms with E-state index < -0.39 is 0 Å². The van der Waals surface area contributed by atoms with Crippen LogP contribution in [0.4, 0.5) is 0 Å². The fraction of sp³-hybridized carbons (Fsp3) is 0.938. The number of hydrogen-bond donors (Lipinski definition) is 2. The summed E-state index contributed by atoms with van der Waals surface area (Å²) in [5.74, 6) is 1.34. The molecule has 2 N–H and O–H groups in total. The van der Waals surface area contributed by atoms with E-state index in [9.17, 15) is 9.90 Å². The van der Waals surface area contributed by atoms with E-state index in [2.05, 4.69) is 12.2 Å². The van der Waals surface area contributed by atoms with Crippen LogP contribution in [-0.2, 0) is 4.79 Å². The third kappa shape index (κ3) is 4.79. The van der Waals surface area contributed by atoms with Crippen molar-refractivity contribution in [3.05, 3.63) is 0 Å². The molecule has 3 heteroatoms. The van der Waals surface area contributed by atoms with Crippen molar-refractivity contribution in [1.29, 1.82) is 0 Å². The van der Waals surface area contributed by atoms with Crippen LogP contribution in [0.3, 0.4) is 0 Å². The SMILES string of the molecule is CC1CCC(C(=O)NCC(C)(C)C(O)C(C)C)CC1. The number of aliphatic hydroxyl groups excluding tert-OH is 1. The lowest BCUT2D eigenvalue weighted by Gasteiger charge is -2.34. The predicted molar refractivity (Wildman–Crippen MR) is 78.8 cm³/mol. The Bertz CT molecular complexity index is 291. The van der Waals surface area contributed by atoms with Crippen molar-refractivity contribution in [3.8, 4) is 0 Å². The first-order valence-electron chi connectivity index (χ1n) is 7.70. The summed E-state index contributed by atoms with van der Waals surface area (Å²) in [5, 5.41) is 13.2. The molecule has 0 aliphatic heterocycles. The Balaban J connectivity index is 2.41. The molecule has 1 rings (SSSR count). The van der Waals surface area contributed by atoms with E-state index in [1.807, 2.05) is 27.7 Å². The number of rotatable bonds is 5. The van der Waals surface area contributed by atoms with Crippen LogP contribution in [-0.4, -0.2) is 23.7 Å². The fourth-order valence-corrected chi connectivity index (χ4v) is 2.99. The zero-order valence-electron chi connectivity index (χ0n) is 13.2. The minimum Gasteiger partial charge on any atom is -0.392 e. The molecule has 0 saturated heterocycles. The number of carbonyl (C=O) groups excluding carboxylic acids is 1. The Kier molecular flexibility index (Phi) is 5.84. The van der Waals surface area contributed by atoms with Crippen LogP contribution in [0.5, 0.6) is 0 Å². The first-order valence-corrected chi connectivity index (χ1v) is 7.70. The fourth-order valence-electron chi connectivity index (χ4n) is 2.99. The van der Waals surface area contributed by atoms with E-state index in [0.717, 1.165) is 31.6 Å². The molecule has 0 heterocycles. The summed E-state index contributed by atoms with van der Waals surface area (Å²) in [4.78, 5) is 12.2. The molecule has 3 nitrogen and oxygen atoms in total. The molecule has 1 atom stereocenters. The Morgan fingerprint density at radius 1 is 1.26 bits per heavy atom. The van der Waals surface area contributed by atoms with Crippen LogP contribution in [0, 0.1) is 23.2 Å². The minimum absolute atomic E-state index is 0.177. The van der Waals surface area contributed by atoms with Crippen molar-refractivity contribution in [3.63, 3.8) is 0 Å². The summed E-state index contributed by atoms with van der Waals surface area (Å²) in [6.45, 7) is 10.9. The molecule has 1 amide bonds. The topological polar surface area (TPSA) is 49.3 Å². The number of aliphatic hydroxyl groups is 1. The molecule has 0 radical (unpaired) electrons.